The summed E-state index contributed by atoms with van der Waals surface area (Å²) in [7, 11) is 0. The molecule has 0 aliphatic rings. The minimum absolute atomic E-state index is 0.398. The third-order valence-electron chi connectivity index (χ3n) is 3.28. The van der Waals surface area contributed by atoms with Crippen LogP contribution in [0.15, 0.2) is 18.2 Å². The first-order valence-corrected chi connectivity index (χ1v) is 6.43. The van der Waals surface area contributed by atoms with Gasteiger partial charge in [-0.25, -0.2) is 0 Å². The predicted molar refractivity (Wildman–Crippen MR) is 76.7 cm³/mol. The van der Waals surface area contributed by atoms with Crippen LogP contribution in [0.3, 0.4) is 0 Å². The fourth-order valence-corrected chi connectivity index (χ4v) is 1.88. The van der Waals surface area contributed by atoms with Crippen LogP contribution in [0, 0.1) is 5.92 Å². The van der Waals surface area contributed by atoms with Crippen molar-refractivity contribution in [3.05, 3.63) is 23.8 Å². The number of amides is 1. The molecule has 0 spiro atoms. The van der Waals surface area contributed by atoms with Crippen molar-refractivity contribution in [3.63, 3.8) is 0 Å². The molecule has 1 aromatic carbocycles. The molecule has 0 heterocycles. The summed E-state index contributed by atoms with van der Waals surface area (Å²) >= 11 is 0. The number of nitrogen functional groups attached to an aromatic ring is 1. The number of nitrogens with zero attached hydrogens (tertiary/aromatic N) is 1. The fourth-order valence-electron chi connectivity index (χ4n) is 1.88. The summed E-state index contributed by atoms with van der Waals surface area (Å²) in [4.78, 5) is 13.5. The Morgan fingerprint density at radius 1 is 1.39 bits per heavy atom. The minimum atomic E-state index is -0.478. The van der Waals surface area contributed by atoms with Gasteiger partial charge < -0.3 is 16.4 Å². The third-order valence-corrected chi connectivity index (χ3v) is 3.28. The summed E-state index contributed by atoms with van der Waals surface area (Å²) < 4.78 is 0. The number of hydrogen-bond donors (Lipinski definition) is 2. The van der Waals surface area contributed by atoms with E-state index in [0.29, 0.717) is 17.2 Å². The minimum Gasteiger partial charge on any atom is -0.398 e. The first kappa shape index (κ1) is 14.4. The van der Waals surface area contributed by atoms with Crippen LogP contribution in [0.4, 0.5) is 11.4 Å². The van der Waals surface area contributed by atoms with Crippen molar-refractivity contribution >= 4 is 17.3 Å². The van der Waals surface area contributed by atoms with E-state index in [0.717, 1.165) is 25.2 Å². The predicted octanol–water partition coefficient (Wildman–Crippen LogP) is 2.24. The third kappa shape index (κ3) is 3.39. The number of rotatable bonds is 6. The summed E-state index contributed by atoms with van der Waals surface area (Å²) in [6.45, 7) is 8.36. The van der Waals surface area contributed by atoms with Crippen molar-refractivity contribution < 1.29 is 4.79 Å². The second-order valence-electron chi connectivity index (χ2n) is 4.69. The smallest absolute Gasteiger partial charge is 0.250 e. The van der Waals surface area contributed by atoms with Gasteiger partial charge in [0.25, 0.3) is 5.91 Å². The van der Waals surface area contributed by atoms with Crippen molar-refractivity contribution in [2.24, 2.45) is 11.7 Å². The van der Waals surface area contributed by atoms with Gasteiger partial charge in [-0.15, -0.1) is 0 Å². The highest BCUT2D eigenvalue weighted by molar-refractivity contribution is 5.99. The van der Waals surface area contributed by atoms with Gasteiger partial charge in [-0.2, -0.15) is 0 Å². The quantitative estimate of drug-likeness (QED) is 0.759. The number of carbonyl (C=O) groups excluding carboxylic acids is 1. The van der Waals surface area contributed by atoms with Crippen LogP contribution in [-0.4, -0.2) is 19.0 Å². The van der Waals surface area contributed by atoms with Crippen molar-refractivity contribution in [2.75, 3.05) is 23.7 Å². The van der Waals surface area contributed by atoms with Crippen LogP contribution in [0.25, 0.3) is 0 Å². The van der Waals surface area contributed by atoms with Gasteiger partial charge >= 0.3 is 0 Å². The second-order valence-corrected chi connectivity index (χ2v) is 4.69. The first-order valence-electron chi connectivity index (χ1n) is 6.43. The molecule has 1 atom stereocenters. The zero-order valence-corrected chi connectivity index (χ0v) is 11.4. The fraction of sp³-hybridized carbons (Fsp3) is 0.500. The van der Waals surface area contributed by atoms with E-state index in [1.54, 1.807) is 12.1 Å². The van der Waals surface area contributed by atoms with E-state index in [2.05, 4.69) is 25.7 Å². The zero-order chi connectivity index (χ0) is 13.7. The molecular weight excluding hydrogens is 226 g/mol. The second kappa shape index (κ2) is 6.28. The number of carbonyl (C=O) groups is 1. The van der Waals surface area contributed by atoms with E-state index in [-0.39, 0.29) is 0 Å². The number of anilines is 2. The van der Waals surface area contributed by atoms with E-state index in [1.807, 2.05) is 6.07 Å². The lowest BCUT2D eigenvalue weighted by Gasteiger charge is -2.26. The molecule has 4 nitrogen and oxygen atoms in total. The molecule has 100 valence electrons. The van der Waals surface area contributed by atoms with E-state index in [1.165, 1.54) is 0 Å². The maximum absolute atomic E-state index is 11.3. The van der Waals surface area contributed by atoms with E-state index in [4.69, 9.17) is 11.5 Å². The largest absolute Gasteiger partial charge is 0.398 e. The van der Waals surface area contributed by atoms with Crippen LogP contribution in [-0.2, 0) is 0 Å². The Hall–Kier alpha value is -1.71. The number of primary amides is 1. The van der Waals surface area contributed by atoms with Crippen molar-refractivity contribution in [1.82, 2.24) is 0 Å². The lowest BCUT2D eigenvalue weighted by Crippen LogP contribution is -2.28. The van der Waals surface area contributed by atoms with Gasteiger partial charge in [0.2, 0.25) is 0 Å². The van der Waals surface area contributed by atoms with Gasteiger partial charge in [0.1, 0.15) is 0 Å². The summed E-state index contributed by atoms with van der Waals surface area (Å²) in [6.07, 6.45) is 1.13. The molecule has 0 saturated carbocycles. The van der Waals surface area contributed by atoms with Gasteiger partial charge in [-0.1, -0.05) is 20.3 Å². The topological polar surface area (TPSA) is 72.3 Å². The Morgan fingerprint density at radius 3 is 2.56 bits per heavy atom. The Morgan fingerprint density at radius 2 is 2.06 bits per heavy atom. The van der Waals surface area contributed by atoms with Crippen LogP contribution < -0.4 is 16.4 Å². The molecule has 1 aromatic rings. The maximum atomic E-state index is 11.3. The highest BCUT2D eigenvalue weighted by atomic mass is 16.1. The van der Waals surface area contributed by atoms with Crippen LogP contribution in [0.1, 0.15) is 37.6 Å². The highest BCUT2D eigenvalue weighted by Crippen LogP contribution is 2.22. The SMILES string of the molecule is CCC(C)CN(CC)c1ccc(N)c(C(N)=O)c1. The van der Waals surface area contributed by atoms with E-state index in [9.17, 15) is 4.79 Å². The first-order chi connectivity index (χ1) is 8.49. The molecule has 1 unspecified atom stereocenters. The van der Waals surface area contributed by atoms with Crippen LogP contribution >= 0.6 is 0 Å². The van der Waals surface area contributed by atoms with Crippen molar-refractivity contribution in [1.29, 1.82) is 0 Å². The number of benzene rings is 1. The molecule has 18 heavy (non-hydrogen) atoms. The number of nitrogens with two attached hydrogens (primary N) is 2. The van der Waals surface area contributed by atoms with Gasteiger partial charge in [-0.05, 0) is 31.0 Å². The summed E-state index contributed by atoms with van der Waals surface area (Å²) in [5.74, 6) is 0.133. The molecule has 0 fully saturated rings. The van der Waals surface area contributed by atoms with Gasteiger partial charge in [0, 0.05) is 24.5 Å². The molecule has 0 aliphatic heterocycles. The molecular formula is C14H23N3O. The molecule has 0 saturated heterocycles. The normalized spacial score (nSPS) is 12.2. The van der Waals surface area contributed by atoms with Crippen LogP contribution in [0.5, 0.6) is 0 Å². The summed E-state index contributed by atoms with van der Waals surface area (Å²) in [6, 6.07) is 5.46. The van der Waals surface area contributed by atoms with Crippen molar-refractivity contribution in [3.8, 4) is 0 Å². The lowest BCUT2D eigenvalue weighted by atomic mass is 10.1. The standard InChI is InChI=1S/C14H23N3O/c1-4-10(3)9-17(5-2)11-6-7-13(15)12(8-11)14(16)18/h6-8,10H,4-5,9,15H2,1-3H3,(H2,16,18). The monoisotopic (exact) mass is 249 g/mol. The Bertz CT molecular complexity index is 418. The molecule has 0 aliphatic carbocycles. The molecule has 4 heteroatoms. The zero-order valence-electron chi connectivity index (χ0n) is 11.4. The van der Waals surface area contributed by atoms with Gasteiger partial charge in [0.05, 0.1) is 5.56 Å². The Balaban J connectivity index is 2.99. The molecule has 0 radical (unpaired) electrons. The summed E-state index contributed by atoms with van der Waals surface area (Å²) in [5, 5.41) is 0. The van der Waals surface area contributed by atoms with Crippen molar-refractivity contribution in [2.45, 2.75) is 27.2 Å². The van der Waals surface area contributed by atoms with E-state index < -0.39 is 5.91 Å². The Kier molecular flexibility index (Phi) is 5.01. The Labute approximate surface area is 109 Å². The van der Waals surface area contributed by atoms with E-state index >= 15 is 0 Å². The molecule has 1 rings (SSSR count). The van der Waals surface area contributed by atoms with Gasteiger partial charge in [-0.3, -0.25) is 4.79 Å². The molecule has 0 bridgehead atoms. The summed E-state index contributed by atoms with van der Waals surface area (Å²) in [5.41, 5.74) is 12.9. The number of hydrogen-bond acceptors (Lipinski definition) is 3. The van der Waals surface area contributed by atoms with Gasteiger partial charge in [0.15, 0.2) is 0 Å². The lowest BCUT2D eigenvalue weighted by molar-refractivity contribution is 0.100. The maximum Gasteiger partial charge on any atom is 0.250 e. The van der Waals surface area contributed by atoms with Crippen LogP contribution in [0.2, 0.25) is 0 Å². The molecule has 0 aromatic heterocycles. The highest BCUT2D eigenvalue weighted by Gasteiger charge is 2.12. The average molecular weight is 249 g/mol. The average Bonchev–Trinajstić information content (AvgIpc) is 2.36. The molecule has 1 amide bonds. The molecule has 4 N–H and O–H groups in total.